The lowest BCUT2D eigenvalue weighted by atomic mass is 9.98. The van der Waals surface area contributed by atoms with Gasteiger partial charge >= 0.3 is 0 Å². The monoisotopic (exact) mass is 417 g/mol. The maximum atomic E-state index is 12.2. The molecule has 0 atom stereocenters. The summed E-state index contributed by atoms with van der Waals surface area (Å²) in [6, 6.07) is 5.90. The highest BCUT2D eigenvalue weighted by molar-refractivity contribution is 7.71. The first-order valence-electron chi connectivity index (χ1n) is 8.91. The quantitative estimate of drug-likeness (QED) is 0.568. The third-order valence-electron chi connectivity index (χ3n) is 4.34. The van der Waals surface area contributed by atoms with E-state index in [-0.39, 0.29) is 12.5 Å². The standard InChI is InChI=1S/C19H23N5O2S2/c1-11(2)15-6-5-14(7-12(15)3)26-9-17(25)21-18-20-13(10-28-18)8-16-22-23-19(27)24(16)4/h5-7,10-11H,8-9H2,1-4H3,(H,23,27)(H,20,21,25). The van der Waals surface area contributed by atoms with Crippen LogP contribution in [-0.4, -0.2) is 32.3 Å². The molecule has 7 nitrogen and oxygen atoms in total. The van der Waals surface area contributed by atoms with E-state index in [2.05, 4.69) is 34.3 Å². The van der Waals surface area contributed by atoms with Crippen LogP contribution >= 0.6 is 23.6 Å². The summed E-state index contributed by atoms with van der Waals surface area (Å²) in [5.74, 6) is 1.68. The Morgan fingerprint density at radius 3 is 2.86 bits per heavy atom. The zero-order valence-corrected chi connectivity index (χ0v) is 17.9. The second-order valence-corrected chi connectivity index (χ2v) is 8.08. The second kappa shape index (κ2) is 8.66. The number of ether oxygens (including phenoxy) is 1. The second-order valence-electron chi connectivity index (χ2n) is 6.83. The molecule has 1 amide bonds. The van der Waals surface area contributed by atoms with Crippen molar-refractivity contribution >= 4 is 34.6 Å². The third-order valence-corrected chi connectivity index (χ3v) is 5.51. The van der Waals surface area contributed by atoms with E-state index in [9.17, 15) is 4.79 Å². The van der Waals surface area contributed by atoms with Crippen LogP contribution in [0.25, 0.3) is 0 Å². The number of H-pyrrole nitrogens is 1. The number of carbonyl (C=O) groups excluding carboxylic acids is 1. The van der Waals surface area contributed by atoms with Gasteiger partial charge in [0.05, 0.1) is 12.1 Å². The van der Waals surface area contributed by atoms with Crippen molar-refractivity contribution in [3.8, 4) is 5.75 Å². The summed E-state index contributed by atoms with van der Waals surface area (Å²) >= 11 is 6.47. The number of rotatable bonds is 7. The number of aromatic amines is 1. The van der Waals surface area contributed by atoms with Gasteiger partial charge < -0.3 is 9.30 Å². The van der Waals surface area contributed by atoms with Crippen molar-refractivity contribution in [2.45, 2.75) is 33.1 Å². The molecule has 0 aliphatic rings. The van der Waals surface area contributed by atoms with Crippen LogP contribution in [0.5, 0.6) is 5.75 Å². The highest BCUT2D eigenvalue weighted by Crippen LogP contribution is 2.23. The Morgan fingerprint density at radius 2 is 2.21 bits per heavy atom. The van der Waals surface area contributed by atoms with E-state index in [0.29, 0.717) is 28.0 Å². The number of aromatic nitrogens is 4. The fraction of sp³-hybridized carbons (Fsp3) is 0.368. The van der Waals surface area contributed by atoms with Crippen LogP contribution in [0.2, 0.25) is 0 Å². The van der Waals surface area contributed by atoms with Crippen molar-refractivity contribution in [1.82, 2.24) is 19.7 Å². The Bertz CT molecular complexity index is 1040. The van der Waals surface area contributed by atoms with Crippen LogP contribution in [0.1, 0.15) is 42.4 Å². The minimum absolute atomic E-state index is 0.0665. The van der Waals surface area contributed by atoms with Gasteiger partial charge in [0, 0.05) is 12.4 Å². The van der Waals surface area contributed by atoms with Gasteiger partial charge in [-0.2, -0.15) is 5.10 Å². The number of thiazole rings is 1. The van der Waals surface area contributed by atoms with Crippen LogP contribution in [0, 0.1) is 11.7 Å². The van der Waals surface area contributed by atoms with Crippen molar-refractivity contribution in [1.29, 1.82) is 0 Å². The fourth-order valence-corrected chi connectivity index (χ4v) is 3.71. The van der Waals surface area contributed by atoms with E-state index in [1.807, 2.05) is 37.6 Å². The zero-order chi connectivity index (χ0) is 20.3. The molecule has 0 saturated heterocycles. The Hall–Kier alpha value is -2.52. The summed E-state index contributed by atoms with van der Waals surface area (Å²) in [6.45, 7) is 6.29. The number of carbonyl (C=O) groups is 1. The predicted octanol–water partition coefficient (Wildman–Crippen LogP) is 3.97. The smallest absolute Gasteiger partial charge is 0.264 e. The van der Waals surface area contributed by atoms with Gasteiger partial charge in [0.1, 0.15) is 11.6 Å². The van der Waals surface area contributed by atoms with Gasteiger partial charge in [0.2, 0.25) is 0 Å². The number of amides is 1. The number of hydrogen-bond donors (Lipinski definition) is 2. The van der Waals surface area contributed by atoms with Gasteiger partial charge in [-0.15, -0.1) is 11.3 Å². The first kappa shape index (κ1) is 20.2. The molecule has 0 unspecified atom stereocenters. The number of nitrogens with one attached hydrogen (secondary N) is 2. The molecule has 0 fully saturated rings. The summed E-state index contributed by atoms with van der Waals surface area (Å²) in [5.41, 5.74) is 3.25. The molecule has 0 radical (unpaired) electrons. The number of benzene rings is 1. The lowest BCUT2D eigenvalue weighted by Gasteiger charge is -2.12. The Kier molecular flexibility index (Phi) is 6.25. The minimum atomic E-state index is -0.246. The van der Waals surface area contributed by atoms with Crippen LogP contribution in [-0.2, 0) is 18.3 Å². The van der Waals surface area contributed by atoms with Gasteiger partial charge in [-0.3, -0.25) is 15.2 Å². The van der Waals surface area contributed by atoms with Crippen molar-refractivity contribution in [2.24, 2.45) is 7.05 Å². The Morgan fingerprint density at radius 1 is 1.43 bits per heavy atom. The van der Waals surface area contributed by atoms with Crippen molar-refractivity contribution in [3.05, 3.63) is 51.0 Å². The zero-order valence-electron chi connectivity index (χ0n) is 16.3. The molecule has 2 aromatic heterocycles. The van der Waals surface area contributed by atoms with Gasteiger partial charge in [-0.1, -0.05) is 19.9 Å². The van der Waals surface area contributed by atoms with E-state index in [1.54, 1.807) is 4.57 Å². The maximum absolute atomic E-state index is 12.2. The largest absolute Gasteiger partial charge is 0.484 e. The lowest BCUT2D eigenvalue weighted by molar-refractivity contribution is -0.118. The normalized spacial score (nSPS) is 11.0. The molecule has 1 aromatic carbocycles. The average molecular weight is 418 g/mol. The van der Waals surface area contributed by atoms with E-state index < -0.39 is 0 Å². The molecule has 3 rings (SSSR count). The summed E-state index contributed by atoms with van der Waals surface area (Å²) in [6.07, 6.45) is 0.536. The molecular formula is C19H23N5O2S2. The Labute approximate surface area is 172 Å². The molecule has 2 heterocycles. The summed E-state index contributed by atoms with van der Waals surface area (Å²) in [7, 11) is 1.85. The molecular weight excluding hydrogens is 394 g/mol. The van der Waals surface area contributed by atoms with Gasteiger partial charge in [0.25, 0.3) is 5.91 Å². The predicted molar refractivity (Wildman–Crippen MR) is 113 cm³/mol. The third kappa shape index (κ3) is 4.85. The van der Waals surface area contributed by atoms with E-state index >= 15 is 0 Å². The highest BCUT2D eigenvalue weighted by Gasteiger charge is 2.11. The van der Waals surface area contributed by atoms with Crippen molar-refractivity contribution in [2.75, 3.05) is 11.9 Å². The molecule has 28 heavy (non-hydrogen) atoms. The fourth-order valence-electron chi connectivity index (χ4n) is 2.84. The van der Waals surface area contributed by atoms with Gasteiger partial charge in [0.15, 0.2) is 16.5 Å². The Balaban J connectivity index is 1.54. The van der Waals surface area contributed by atoms with Crippen LogP contribution in [0.3, 0.4) is 0 Å². The minimum Gasteiger partial charge on any atom is -0.484 e. The number of anilines is 1. The molecule has 0 aliphatic carbocycles. The SMILES string of the molecule is Cc1cc(OCC(=O)Nc2nc(Cc3n[nH]c(=S)n3C)cs2)ccc1C(C)C. The molecule has 9 heteroatoms. The van der Waals surface area contributed by atoms with Gasteiger partial charge in [-0.25, -0.2) is 4.98 Å². The van der Waals surface area contributed by atoms with E-state index in [1.165, 1.54) is 16.9 Å². The van der Waals surface area contributed by atoms with Crippen molar-refractivity contribution < 1.29 is 9.53 Å². The number of aryl methyl sites for hydroxylation is 1. The molecule has 0 bridgehead atoms. The van der Waals surface area contributed by atoms with E-state index in [0.717, 1.165) is 17.1 Å². The molecule has 0 saturated carbocycles. The molecule has 0 aliphatic heterocycles. The number of hydrogen-bond acceptors (Lipinski definition) is 6. The van der Waals surface area contributed by atoms with Gasteiger partial charge in [-0.05, 0) is 48.3 Å². The molecule has 3 aromatic rings. The first-order chi connectivity index (χ1) is 13.3. The highest BCUT2D eigenvalue weighted by atomic mass is 32.1. The van der Waals surface area contributed by atoms with E-state index in [4.69, 9.17) is 17.0 Å². The van der Waals surface area contributed by atoms with Crippen LogP contribution < -0.4 is 10.1 Å². The van der Waals surface area contributed by atoms with Crippen molar-refractivity contribution in [3.63, 3.8) is 0 Å². The summed E-state index contributed by atoms with van der Waals surface area (Å²) in [4.78, 5) is 16.6. The summed E-state index contributed by atoms with van der Waals surface area (Å²) < 4.78 is 7.97. The topological polar surface area (TPSA) is 84.8 Å². The molecule has 2 N–H and O–H groups in total. The molecule has 0 spiro atoms. The first-order valence-corrected chi connectivity index (χ1v) is 10.2. The van der Waals surface area contributed by atoms with Crippen LogP contribution in [0.4, 0.5) is 5.13 Å². The summed E-state index contributed by atoms with van der Waals surface area (Å²) in [5, 5.41) is 12.1. The molecule has 148 valence electrons. The van der Waals surface area contributed by atoms with Crippen LogP contribution in [0.15, 0.2) is 23.6 Å². The average Bonchev–Trinajstić information content (AvgIpc) is 3.21. The maximum Gasteiger partial charge on any atom is 0.264 e. The lowest BCUT2D eigenvalue weighted by Crippen LogP contribution is -2.20. The number of nitrogens with zero attached hydrogens (tertiary/aromatic N) is 3.